The Morgan fingerprint density at radius 1 is 0.903 bits per heavy atom. The van der Waals surface area contributed by atoms with Crippen LogP contribution < -0.4 is 13.8 Å². The topological polar surface area (TPSA) is 72.9 Å². The third kappa shape index (κ3) is 4.27. The summed E-state index contributed by atoms with van der Waals surface area (Å²) in [4.78, 5) is 12.7. The van der Waals surface area contributed by atoms with Crippen molar-refractivity contribution in [2.45, 2.75) is 24.2 Å². The Labute approximate surface area is 182 Å². The lowest BCUT2D eigenvalue weighted by Crippen LogP contribution is -2.26. The molecule has 0 aliphatic heterocycles. The summed E-state index contributed by atoms with van der Waals surface area (Å²) >= 11 is 0. The van der Waals surface area contributed by atoms with E-state index in [1.165, 1.54) is 36.4 Å². The second-order valence-electron chi connectivity index (χ2n) is 7.37. The Hall–Kier alpha value is -3.32. The van der Waals surface area contributed by atoms with Gasteiger partial charge < -0.3 is 9.47 Å². The van der Waals surface area contributed by atoms with Crippen LogP contribution in [0.4, 0.5) is 5.69 Å². The molecule has 3 aromatic carbocycles. The van der Waals surface area contributed by atoms with Crippen molar-refractivity contribution in [2.75, 3.05) is 18.5 Å². The number of anilines is 1. The fourth-order valence-electron chi connectivity index (χ4n) is 3.65. The molecule has 0 radical (unpaired) electrons. The number of carbonyl (C=O) groups excluding carboxylic acids is 1. The van der Waals surface area contributed by atoms with Crippen LogP contribution in [0, 0.1) is 0 Å². The van der Waals surface area contributed by atoms with Crippen molar-refractivity contribution >= 4 is 21.7 Å². The van der Waals surface area contributed by atoms with Crippen molar-refractivity contribution < 1.29 is 22.7 Å². The monoisotopic (exact) mass is 437 g/mol. The molecular weight excluding hydrogens is 414 g/mol. The van der Waals surface area contributed by atoms with Gasteiger partial charge in [0.1, 0.15) is 11.5 Å². The zero-order valence-corrected chi connectivity index (χ0v) is 18.2. The SMILES string of the molecule is COc1ccc(N(C)S(=O)(=O)c2cccc(C(=O)Oc3ccc4c(c3)CCC4)c2)cc1. The molecule has 4 rings (SSSR count). The molecule has 7 heteroatoms. The maximum Gasteiger partial charge on any atom is 0.343 e. The van der Waals surface area contributed by atoms with Crippen LogP contribution in [-0.4, -0.2) is 28.5 Å². The fraction of sp³-hybridized carbons (Fsp3) is 0.208. The lowest BCUT2D eigenvalue weighted by molar-refractivity contribution is 0.0734. The van der Waals surface area contributed by atoms with Gasteiger partial charge in [-0.25, -0.2) is 13.2 Å². The van der Waals surface area contributed by atoms with Crippen LogP contribution in [0.25, 0.3) is 0 Å². The fourth-order valence-corrected chi connectivity index (χ4v) is 4.89. The van der Waals surface area contributed by atoms with Gasteiger partial charge in [-0.15, -0.1) is 0 Å². The molecule has 6 nitrogen and oxygen atoms in total. The van der Waals surface area contributed by atoms with E-state index in [9.17, 15) is 13.2 Å². The smallest absolute Gasteiger partial charge is 0.343 e. The highest BCUT2D eigenvalue weighted by molar-refractivity contribution is 7.92. The number of methoxy groups -OCH3 is 1. The van der Waals surface area contributed by atoms with Gasteiger partial charge in [-0.2, -0.15) is 0 Å². The molecule has 0 aromatic heterocycles. The molecule has 0 amide bonds. The van der Waals surface area contributed by atoms with E-state index in [4.69, 9.17) is 9.47 Å². The van der Waals surface area contributed by atoms with E-state index in [-0.39, 0.29) is 10.5 Å². The van der Waals surface area contributed by atoms with Crippen LogP contribution in [0.2, 0.25) is 0 Å². The highest BCUT2D eigenvalue weighted by Gasteiger charge is 2.23. The van der Waals surface area contributed by atoms with E-state index in [1.54, 1.807) is 43.5 Å². The lowest BCUT2D eigenvalue weighted by atomic mass is 10.1. The molecule has 31 heavy (non-hydrogen) atoms. The predicted octanol–water partition coefficient (Wildman–Crippen LogP) is 4.23. The van der Waals surface area contributed by atoms with Crippen molar-refractivity contribution in [2.24, 2.45) is 0 Å². The molecule has 0 unspecified atom stereocenters. The van der Waals surface area contributed by atoms with Crippen LogP contribution in [0.1, 0.15) is 27.9 Å². The predicted molar refractivity (Wildman–Crippen MR) is 118 cm³/mol. The van der Waals surface area contributed by atoms with Gasteiger partial charge in [-0.3, -0.25) is 4.31 Å². The van der Waals surface area contributed by atoms with Crippen LogP contribution in [0.15, 0.2) is 71.6 Å². The third-order valence-electron chi connectivity index (χ3n) is 5.44. The van der Waals surface area contributed by atoms with Gasteiger partial charge in [0.05, 0.1) is 23.3 Å². The largest absolute Gasteiger partial charge is 0.497 e. The lowest BCUT2D eigenvalue weighted by Gasteiger charge is -2.20. The van der Waals surface area contributed by atoms with E-state index in [1.807, 2.05) is 12.1 Å². The molecule has 0 spiro atoms. The molecule has 1 aliphatic carbocycles. The van der Waals surface area contributed by atoms with Crippen LogP contribution >= 0.6 is 0 Å². The summed E-state index contributed by atoms with van der Waals surface area (Å²) in [6, 6.07) is 18.2. The molecule has 0 bridgehead atoms. The Bertz CT molecular complexity index is 1220. The number of nitrogens with zero attached hydrogens (tertiary/aromatic N) is 1. The number of hydrogen-bond acceptors (Lipinski definition) is 5. The normalized spacial score (nSPS) is 12.8. The molecule has 0 saturated carbocycles. The van der Waals surface area contributed by atoms with Crippen LogP contribution in [0.5, 0.6) is 11.5 Å². The first-order chi connectivity index (χ1) is 14.9. The van der Waals surface area contributed by atoms with Crippen LogP contribution in [0.3, 0.4) is 0 Å². The van der Waals surface area contributed by atoms with E-state index < -0.39 is 16.0 Å². The summed E-state index contributed by atoms with van der Waals surface area (Å²) in [5.41, 5.74) is 3.13. The van der Waals surface area contributed by atoms with Crippen molar-refractivity contribution in [1.29, 1.82) is 0 Å². The number of fused-ring (bicyclic) bond motifs is 1. The summed E-state index contributed by atoms with van der Waals surface area (Å²) in [5.74, 6) is 0.502. The molecule has 0 saturated heterocycles. The number of carbonyl (C=O) groups is 1. The highest BCUT2D eigenvalue weighted by Crippen LogP contribution is 2.27. The molecule has 0 heterocycles. The molecule has 3 aromatic rings. The minimum absolute atomic E-state index is 0.00854. The number of aryl methyl sites for hydroxylation is 2. The number of esters is 1. The van der Waals surface area contributed by atoms with Crippen molar-refractivity contribution in [1.82, 2.24) is 0 Å². The Morgan fingerprint density at radius 2 is 1.61 bits per heavy atom. The van der Waals surface area contributed by atoms with Gasteiger partial charge in [-0.05, 0) is 85.0 Å². The molecule has 0 atom stereocenters. The van der Waals surface area contributed by atoms with E-state index >= 15 is 0 Å². The maximum atomic E-state index is 13.1. The third-order valence-corrected chi connectivity index (χ3v) is 7.23. The van der Waals surface area contributed by atoms with Crippen molar-refractivity contribution in [3.05, 3.63) is 83.4 Å². The van der Waals surface area contributed by atoms with Crippen LogP contribution in [-0.2, 0) is 22.9 Å². The number of ether oxygens (including phenoxy) is 2. The summed E-state index contributed by atoms with van der Waals surface area (Å²) in [6.07, 6.45) is 3.13. The maximum absolute atomic E-state index is 13.1. The van der Waals surface area contributed by atoms with E-state index in [0.717, 1.165) is 23.6 Å². The van der Waals surface area contributed by atoms with Gasteiger partial charge in [0.2, 0.25) is 0 Å². The molecule has 0 fully saturated rings. The van der Waals surface area contributed by atoms with Gasteiger partial charge >= 0.3 is 5.97 Å². The Balaban J connectivity index is 1.55. The van der Waals surface area contributed by atoms with Crippen molar-refractivity contribution in [3.8, 4) is 11.5 Å². The Morgan fingerprint density at radius 3 is 2.35 bits per heavy atom. The first kappa shape index (κ1) is 20.9. The zero-order chi connectivity index (χ0) is 22.0. The second kappa shape index (κ2) is 8.43. The van der Waals surface area contributed by atoms with E-state index in [0.29, 0.717) is 17.2 Å². The zero-order valence-electron chi connectivity index (χ0n) is 17.4. The number of hydrogen-bond donors (Lipinski definition) is 0. The van der Waals surface area contributed by atoms with Crippen molar-refractivity contribution in [3.63, 3.8) is 0 Å². The number of benzene rings is 3. The summed E-state index contributed by atoms with van der Waals surface area (Å²) in [6.45, 7) is 0. The summed E-state index contributed by atoms with van der Waals surface area (Å²) in [5, 5.41) is 0. The summed E-state index contributed by atoms with van der Waals surface area (Å²) < 4.78 is 38.0. The standard InChI is InChI=1S/C24H23NO5S/c1-25(20-10-13-21(29-2)14-11-20)31(27,28)23-8-4-7-19(16-23)24(26)30-22-12-9-17-5-3-6-18(17)15-22/h4,7-16H,3,5-6H2,1-2H3. The average Bonchev–Trinajstić information content (AvgIpc) is 3.26. The second-order valence-corrected chi connectivity index (χ2v) is 9.34. The minimum atomic E-state index is -3.86. The quantitative estimate of drug-likeness (QED) is 0.426. The van der Waals surface area contributed by atoms with E-state index in [2.05, 4.69) is 0 Å². The first-order valence-corrected chi connectivity index (χ1v) is 11.4. The minimum Gasteiger partial charge on any atom is -0.497 e. The first-order valence-electron chi connectivity index (χ1n) is 9.95. The Kier molecular flexibility index (Phi) is 5.69. The summed E-state index contributed by atoms with van der Waals surface area (Å²) in [7, 11) is -0.854. The highest BCUT2D eigenvalue weighted by atomic mass is 32.2. The molecular formula is C24H23NO5S. The van der Waals surface area contributed by atoms with Gasteiger partial charge in [-0.1, -0.05) is 12.1 Å². The molecule has 1 aliphatic rings. The van der Waals surface area contributed by atoms with Gasteiger partial charge in [0, 0.05) is 7.05 Å². The average molecular weight is 438 g/mol. The number of rotatable bonds is 6. The molecule has 160 valence electrons. The molecule has 0 N–H and O–H groups in total. The van der Waals surface area contributed by atoms with Gasteiger partial charge in [0.25, 0.3) is 10.0 Å². The number of sulfonamides is 1. The van der Waals surface area contributed by atoms with Gasteiger partial charge in [0.15, 0.2) is 0 Å².